The fraction of sp³-hybridized carbons (Fsp3) is 0.118. The summed E-state index contributed by atoms with van der Waals surface area (Å²) in [5.41, 5.74) is 0.454. The van der Waals surface area contributed by atoms with Gasteiger partial charge in [-0.05, 0) is 42.8 Å². The molecule has 0 spiro atoms. The van der Waals surface area contributed by atoms with Crippen LogP contribution in [0, 0.1) is 6.92 Å². The summed E-state index contributed by atoms with van der Waals surface area (Å²) in [6.07, 6.45) is -4.53. The van der Waals surface area contributed by atoms with Gasteiger partial charge in [-0.1, -0.05) is 23.7 Å². The molecule has 3 aromatic rings. The second-order valence-corrected chi connectivity index (χ2v) is 5.71. The molecular weight excluding hydrogens is 343 g/mol. The predicted molar refractivity (Wildman–Crippen MR) is 85.4 cm³/mol. The smallest absolute Gasteiger partial charge is 0.416 e. The van der Waals surface area contributed by atoms with Crippen LogP contribution in [-0.2, 0) is 6.18 Å². The third kappa shape index (κ3) is 3.23. The van der Waals surface area contributed by atoms with Crippen LogP contribution >= 0.6 is 11.6 Å². The molecule has 0 fully saturated rings. The Balaban J connectivity index is 1.91. The monoisotopic (exact) mass is 353 g/mol. The number of alkyl halides is 3. The molecule has 1 heterocycles. The van der Waals surface area contributed by atoms with E-state index in [9.17, 15) is 18.0 Å². The summed E-state index contributed by atoms with van der Waals surface area (Å²) in [7, 11) is 0. The molecule has 0 bridgehead atoms. The zero-order valence-electron chi connectivity index (χ0n) is 12.4. The van der Waals surface area contributed by atoms with Crippen molar-refractivity contribution in [3.05, 3.63) is 64.4 Å². The van der Waals surface area contributed by atoms with Crippen molar-refractivity contribution in [2.45, 2.75) is 13.1 Å². The molecule has 0 unspecified atom stereocenters. The van der Waals surface area contributed by atoms with E-state index in [0.29, 0.717) is 5.58 Å². The Labute approximate surface area is 140 Å². The molecule has 2 aromatic carbocycles. The van der Waals surface area contributed by atoms with E-state index in [-0.39, 0.29) is 16.5 Å². The minimum atomic E-state index is -4.53. The van der Waals surface area contributed by atoms with Gasteiger partial charge in [0.2, 0.25) is 0 Å². The van der Waals surface area contributed by atoms with Crippen molar-refractivity contribution in [2.75, 3.05) is 5.32 Å². The van der Waals surface area contributed by atoms with Gasteiger partial charge in [-0.15, -0.1) is 0 Å². The number of anilines is 1. The Morgan fingerprint density at radius 1 is 1.12 bits per heavy atom. The van der Waals surface area contributed by atoms with E-state index in [1.807, 2.05) is 13.0 Å². The molecule has 1 N–H and O–H groups in total. The van der Waals surface area contributed by atoms with Gasteiger partial charge in [-0.25, -0.2) is 0 Å². The highest BCUT2D eigenvalue weighted by molar-refractivity contribution is 6.34. The van der Waals surface area contributed by atoms with Crippen LogP contribution in [0.5, 0.6) is 0 Å². The van der Waals surface area contributed by atoms with E-state index < -0.39 is 17.6 Å². The predicted octanol–water partition coefficient (Wildman–Crippen LogP) is 5.67. The first-order valence-corrected chi connectivity index (χ1v) is 7.30. The number of aryl methyl sites for hydroxylation is 1. The molecule has 0 aliphatic carbocycles. The Morgan fingerprint density at radius 3 is 2.58 bits per heavy atom. The number of hydrogen-bond donors (Lipinski definition) is 1. The molecule has 0 saturated heterocycles. The van der Waals surface area contributed by atoms with Gasteiger partial charge in [0, 0.05) is 5.39 Å². The lowest BCUT2D eigenvalue weighted by molar-refractivity contribution is -0.137. The van der Waals surface area contributed by atoms with Crippen LogP contribution < -0.4 is 5.32 Å². The lowest BCUT2D eigenvalue weighted by Gasteiger charge is -2.10. The number of benzene rings is 2. The minimum Gasteiger partial charge on any atom is -0.451 e. The summed E-state index contributed by atoms with van der Waals surface area (Å²) in [5, 5.41) is 3.08. The molecule has 0 atom stereocenters. The van der Waals surface area contributed by atoms with E-state index in [1.165, 1.54) is 6.07 Å². The summed E-state index contributed by atoms with van der Waals surface area (Å²) in [6, 6.07) is 9.66. The summed E-state index contributed by atoms with van der Waals surface area (Å²) in [4.78, 5) is 12.2. The Kier molecular flexibility index (Phi) is 4.01. The molecule has 3 rings (SSSR count). The standard InChI is InChI=1S/C17H11ClF3NO2/c1-9-2-3-10-7-15(24-14(10)6-9)16(23)22-13-8-11(17(19,20)21)4-5-12(13)18/h2-8H,1H3,(H,22,23). The fourth-order valence-corrected chi connectivity index (χ4v) is 2.40. The number of rotatable bonds is 2. The van der Waals surface area contributed by atoms with Gasteiger partial charge >= 0.3 is 6.18 Å². The van der Waals surface area contributed by atoms with Gasteiger partial charge in [0.1, 0.15) is 5.58 Å². The number of halogens is 4. The molecule has 0 radical (unpaired) electrons. The third-order valence-corrected chi connectivity index (χ3v) is 3.77. The zero-order valence-corrected chi connectivity index (χ0v) is 13.1. The summed E-state index contributed by atoms with van der Waals surface area (Å²) in [5.74, 6) is -0.686. The first-order chi connectivity index (χ1) is 11.2. The molecule has 124 valence electrons. The number of hydrogen-bond acceptors (Lipinski definition) is 2. The van der Waals surface area contributed by atoms with Crippen LogP contribution in [0.2, 0.25) is 5.02 Å². The van der Waals surface area contributed by atoms with E-state index in [2.05, 4.69) is 5.32 Å². The molecule has 0 saturated carbocycles. The number of carbonyl (C=O) groups excluding carboxylic acids is 1. The van der Waals surface area contributed by atoms with Gasteiger partial charge in [-0.3, -0.25) is 4.79 Å². The maximum Gasteiger partial charge on any atom is 0.416 e. The number of carbonyl (C=O) groups is 1. The minimum absolute atomic E-state index is 0.00306. The van der Waals surface area contributed by atoms with Crippen LogP contribution in [0.1, 0.15) is 21.7 Å². The summed E-state index contributed by atoms with van der Waals surface area (Å²) in [6.45, 7) is 1.88. The summed E-state index contributed by atoms with van der Waals surface area (Å²) < 4.78 is 43.7. The Morgan fingerprint density at radius 2 is 1.88 bits per heavy atom. The molecule has 0 aliphatic rings. The maximum absolute atomic E-state index is 12.8. The van der Waals surface area contributed by atoms with Gasteiger partial charge in [0.25, 0.3) is 5.91 Å². The van der Waals surface area contributed by atoms with Gasteiger partial charge in [0.05, 0.1) is 16.3 Å². The van der Waals surface area contributed by atoms with Crippen molar-refractivity contribution < 1.29 is 22.4 Å². The second kappa shape index (κ2) is 5.87. The molecule has 24 heavy (non-hydrogen) atoms. The number of nitrogens with one attached hydrogen (secondary N) is 1. The highest BCUT2D eigenvalue weighted by Crippen LogP contribution is 2.34. The van der Waals surface area contributed by atoms with E-state index in [0.717, 1.165) is 29.1 Å². The van der Waals surface area contributed by atoms with Crippen molar-refractivity contribution >= 4 is 34.2 Å². The van der Waals surface area contributed by atoms with Crippen molar-refractivity contribution in [1.82, 2.24) is 0 Å². The van der Waals surface area contributed by atoms with Crippen LogP contribution in [0.3, 0.4) is 0 Å². The molecule has 1 aromatic heterocycles. The van der Waals surface area contributed by atoms with Gasteiger partial charge < -0.3 is 9.73 Å². The Bertz CT molecular complexity index is 931. The van der Waals surface area contributed by atoms with Crippen LogP contribution in [-0.4, -0.2) is 5.91 Å². The van der Waals surface area contributed by atoms with Gasteiger partial charge in [0.15, 0.2) is 5.76 Å². The molecular formula is C17H11ClF3NO2. The van der Waals surface area contributed by atoms with Crippen LogP contribution in [0.25, 0.3) is 11.0 Å². The van der Waals surface area contributed by atoms with Crippen LogP contribution in [0.4, 0.5) is 18.9 Å². The number of furan rings is 1. The topological polar surface area (TPSA) is 42.2 Å². The first-order valence-electron chi connectivity index (χ1n) is 6.92. The first kappa shape index (κ1) is 16.4. The number of amides is 1. The lowest BCUT2D eigenvalue weighted by atomic mass is 10.2. The highest BCUT2D eigenvalue weighted by atomic mass is 35.5. The molecule has 0 aliphatic heterocycles. The quantitative estimate of drug-likeness (QED) is 0.645. The van der Waals surface area contributed by atoms with Crippen molar-refractivity contribution in [2.24, 2.45) is 0 Å². The normalized spacial score (nSPS) is 11.7. The van der Waals surface area contributed by atoms with E-state index in [4.69, 9.17) is 16.0 Å². The molecule has 3 nitrogen and oxygen atoms in total. The Hall–Kier alpha value is -2.47. The summed E-state index contributed by atoms with van der Waals surface area (Å²) >= 11 is 5.86. The van der Waals surface area contributed by atoms with Gasteiger partial charge in [-0.2, -0.15) is 13.2 Å². The average molecular weight is 354 g/mol. The lowest BCUT2D eigenvalue weighted by Crippen LogP contribution is -2.13. The fourth-order valence-electron chi connectivity index (χ4n) is 2.23. The molecule has 1 amide bonds. The van der Waals surface area contributed by atoms with E-state index in [1.54, 1.807) is 12.1 Å². The zero-order chi connectivity index (χ0) is 17.5. The second-order valence-electron chi connectivity index (χ2n) is 5.30. The van der Waals surface area contributed by atoms with Crippen molar-refractivity contribution in [1.29, 1.82) is 0 Å². The van der Waals surface area contributed by atoms with Crippen molar-refractivity contribution in [3.63, 3.8) is 0 Å². The van der Waals surface area contributed by atoms with E-state index >= 15 is 0 Å². The maximum atomic E-state index is 12.8. The largest absolute Gasteiger partial charge is 0.451 e. The number of fused-ring (bicyclic) bond motifs is 1. The van der Waals surface area contributed by atoms with Crippen LogP contribution in [0.15, 0.2) is 46.9 Å². The third-order valence-electron chi connectivity index (χ3n) is 3.44. The van der Waals surface area contributed by atoms with Crippen molar-refractivity contribution in [3.8, 4) is 0 Å². The average Bonchev–Trinajstić information content (AvgIpc) is 2.91. The molecule has 7 heteroatoms. The highest BCUT2D eigenvalue weighted by Gasteiger charge is 2.31. The SMILES string of the molecule is Cc1ccc2cc(C(=O)Nc3cc(C(F)(F)F)ccc3Cl)oc2c1.